The van der Waals surface area contributed by atoms with Gasteiger partial charge in [-0.2, -0.15) is 10.5 Å². The smallest absolute Gasteiger partial charge is 0.0991 e. The summed E-state index contributed by atoms with van der Waals surface area (Å²) in [5.41, 5.74) is 11.6. The maximum Gasteiger partial charge on any atom is 0.0991 e. The minimum atomic E-state index is -1.66. The van der Waals surface area contributed by atoms with Crippen molar-refractivity contribution in [1.29, 1.82) is 10.5 Å². The lowest BCUT2D eigenvalue weighted by Crippen LogP contribution is -2.37. The van der Waals surface area contributed by atoms with E-state index in [-0.39, 0.29) is 0 Å². The molecule has 308 valence electrons. The first-order valence-corrected chi connectivity index (χ1v) is 29.5. The predicted molar refractivity (Wildman–Crippen MR) is 280 cm³/mol. The lowest BCUT2D eigenvalue weighted by molar-refractivity contribution is 1.21. The van der Waals surface area contributed by atoms with E-state index in [1.54, 1.807) is 0 Å². The molecule has 4 heterocycles. The number of nitriles is 2. The molecule has 0 atom stereocenters. The van der Waals surface area contributed by atoms with Crippen LogP contribution in [0.25, 0.3) is 115 Å². The fourth-order valence-electron chi connectivity index (χ4n) is 11.1. The summed E-state index contributed by atoms with van der Waals surface area (Å²) >= 11 is 0. The molecule has 0 unspecified atom stereocenters. The van der Waals surface area contributed by atoms with E-state index in [0.29, 0.717) is 11.1 Å². The number of nitrogens with zero attached hydrogens (tertiary/aromatic N) is 5. The SMILES string of the molecule is C[Si](C)(C)c1ccc2c(c1)c1cc(C#N)ccc1n2-c1c2ccccc2cc2c1c1cccc3c4c(-n5c6ccc(C#N)cc6c6cc([Si](C)(C)C)ccc65)c5ccccc5cc4n2c13. The van der Waals surface area contributed by atoms with E-state index in [1.165, 1.54) is 69.8 Å². The first-order valence-electron chi connectivity index (χ1n) is 22.5. The Morgan fingerprint density at radius 2 is 0.754 bits per heavy atom. The monoisotopic (exact) mass is 865 g/mol. The van der Waals surface area contributed by atoms with E-state index in [4.69, 9.17) is 0 Å². The third kappa shape index (κ3) is 5.11. The summed E-state index contributed by atoms with van der Waals surface area (Å²) in [6, 6.07) is 60.7. The maximum atomic E-state index is 10.1. The zero-order chi connectivity index (χ0) is 44.3. The Balaban J connectivity index is 1.22. The second-order valence-corrected chi connectivity index (χ2v) is 30.2. The van der Waals surface area contributed by atoms with Gasteiger partial charge in [0, 0.05) is 53.9 Å². The summed E-state index contributed by atoms with van der Waals surface area (Å²) < 4.78 is 7.51. The summed E-state index contributed by atoms with van der Waals surface area (Å²) in [6.07, 6.45) is 0. The van der Waals surface area contributed by atoms with Crippen LogP contribution in [-0.4, -0.2) is 29.7 Å². The van der Waals surface area contributed by atoms with E-state index in [9.17, 15) is 10.5 Å². The first kappa shape index (κ1) is 37.8. The zero-order valence-electron chi connectivity index (χ0n) is 37.2. The normalized spacial score (nSPS) is 12.7. The Kier molecular flexibility index (Phi) is 7.54. The molecule has 0 aliphatic heterocycles. The number of fused-ring (bicyclic) bond motifs is 14. The Morgan fingerprint density at radius 1 is 0.369 bits per heavy atom. The molecule has 5 nitrogen and oxygen atoms in total. The molecule has 0 N–H and O–H groups in total. The molecule has 0 saturated heterocycles. The standard InChI is InChI=1S/C58H43N5Si2/c1-64(2,3)38-20-24-50-46(30-38)44-26-34(32-59)18-22-48(44)61(50)57-40-14-9-7-12-36(40)28-52-54(57)42-16-11-17-43-55-53(63(52)56(42)43)29-37-13-8-10-15-41(37)58(55)62-49-23-19-35(33-60)27-45(49)47-31-39(65(4,5)6)21-25-51(47)62/h7-31H,1-6H3. The first-order chi connectivity index (χ1) is 31.4. The van der Waals surface area contributed by atoms with E-state index < -0.39 is 16.1 Å². The third-order valence-corrected chi connectivity index (χ3v) is 18.3. The van der Waals surface area contributed by atoms with Crippen LogP contribution >= 0.6 is 0 Å². The minimum Gasteiger partial charge on any atom is -0.308 e. The number of hydrogen-bond acceptors (Lipinski definition) is 2. The van der Waals surface area contributed by atoms with Crippen LogP contribution in [0.3, 0.4) is 0 Å². The van der Waals surface area contributed by atoms with Gasteiger partial charge in [-0.3, -0.25) is 0 Å². The van der Waals surface area contributed by atoms with Crippen molar-refractivity contribution in [2.24, 2.45) is 0 Å². The summed E-state index contributed by atoms with van der Waals surface area (Å²) in [6.45, 7) is 14.4. The highest BCUT2D eigenvalue weighted by molar-refractivity contribution is 6.89. The molecule has 0 amide bonds. The van der Waals surface area contributed by atoms with Crippen LogP contribution in [0, 0.1) is 22.7 Å². The van der Waals surface area contributed by atoms with Crippen LogP contribution in [-0.2, 0) is 0 Å². The van der Waals surface area contributed by atoms with E-state index in [2.05, 4.69) is 204 Å². The van der Waals surface area contributed by atoms with E-state index >= 15 is 0 Å². The lowest BCUT2D eigenvalue weighted by atomic mass is 9.99. The van der Waals surface area contributed by atoms with Crippen molar-refractivity contribution in [2.45, 2.75) is 39.3 Å². The molecule has 0 fully saturated rings. The van der Waals surface area contributed by atoms with Crippen molar-refractivity contribution in [3.8, 4) is 23.5 Å². The quantitative estimate of drug-likeness (QED) is 0.165. The van der Waals surface area contributed by atoms with Crippen molar-refractivity contribution in [2.75, 3.05) is 0 Å². The van der Waals surface area contributed by atoms with Crippen molar-refractivity contribution >= 4 is 130 Å². The molecule has 13 rings (SSSR count). The van der Waals surface area contributed by atoms with Crippen molar-refractivity contribution in [1.82, 2.24) is 13.5 Å². The van der Waals surface area contributed by atoms with Gasteiger partial charge in [0.2, 0.25) is 0 Å². The van der Waals surface area contributed by atoms with Gasteiger partial charge in [0.25, 0.3) is 0 Å². The number of rotatable bonds is 4. The van der Waals surface area contributed by atoms with Gasteiger partial charge in [0.1, 0.15) is 0 Å². The van der Waals surface area contributed by atoms with E-state index in [0.717, 1.165) is 55.2 Å². The molecule has 65 heavy (non-hydrogen) atoms. The van der Waals surface area contributed by atoms with Gasteiger partial charge in [-0.15, -0.1) is 0 Å². The van der Waals surface area contributed by atoms with Crippen LogP contribution in [0.15, 0.2) is 152 Å². The summed E-state index contributed by atoms with van der Waals surface area (Å²) in [5, 5.41) is 37.2. The highest BCUT2D eigenvalue weighted by Crippen LogP contribution is 2.49. The van der Waals surface area contributed by atoms with Gasteiger partial charge >= 0.3 is 0 Å². The van der Waals surface area contributed by atoms with Gasteiger partial charge < -0.3 is 13.5 Å². The molecule has 0 aliphatic carbocycles. The Morgan fingerprint density at radius 3 is 1.17 bits per heavy atom. The molecular formula is C58H43N5Si2. The molecule has 0 bridgehead atoms. The Labute approximate surface area is 377 Å². The number of aromatic nitrogens is 3. The van der Waals surface area contributed by atoms with Gasteiger partial charge in [-0.1, -0.05) is 141 Å². The van der Waals surface area contributed by atoms with Crippen LogP contribution in [0.5, 0.6) is 0 Å². The fourth-order valence-corrected chi connectivity index (χ4v) is 13.5. The van der Waals surface area contributed by atoms with Crippen LogP contribution < -0.4 is 10.4 Å². The summed E-state index contributed by atoms with van der Waals surface area (Å²) in [7, 11) is -3.33. The molecule has 0 saturated carbocycles. The van der Waals surface area contributed by atoms with Gasteiger partial charge in [0.05, 0.1) is 89.4 Å². The molecule has 13 aromatic rings. The second-order valence-electron chi connectivity index (χ2n) is 20.0. The average molecular weight is 866 g/mol. The molecule has 7 heteroatoms. The molecule has 0 aliphatic rings. The van der Waals surface area contributed by atoms with Gasteiger partial charge in [0.15, 0.2) is 0 Å². The molecule has 0 spiro atoms. The summed E-state index contributed by atoms with van der Waals surface area (Å²) in [5.74, 6) is 0. The Hall–Kier alpha value is -7.69. The molecule has 0 radical (unpaired) electrons. The van der Waals surface area contributed by atoms with Crippen molar-refractivity contribution < 1.29 is 0 Å². The largest absolute Gasteiger partial charge is 0.308 e. The van der Waals surface area contributed by atoms with Crippen LogP contribution in [0.4, 0.5) is 0 Å². The molecule has 4 aromatic heterocycles. The third-order valence-electron chi connectivity index (χ3n) is 14.2. The second kappa shape index (κ2) is 13.0. The average Bonchev–Trinajstić information content (AvgIpc) is 4.03. The minimum absolute atomic E-state index is 0.665. The van der Waals surface area contributed by atoms with Gasteiger partial charge in [-0.05, 0) is 71.4 Å². The van der Waals surface area contributed by atoms with Gasteiger partial charge in [-0.25, -0.2) is 0 Å². The summed E-state index contributed by atoms with van der Waals surface area (Å²) in [4.78, 5) is 0. The fraction of sp³-hybridized carbons (Fsp3) is 0.103. The van der Waals surface area contributed by atoms with Crippen molar-refractivity contribution in [3.63, 3.8) is 0 Å². The maximum absolute atomic E-state index is 10.1. The van der Waals surface area contributed by atoms with Crippen LogP contribution in [0.2, 0.25) is 39.3 Å². The number of benzene rings is 9. The van der Waals surface area contributed by atoms with E-state index in [1.807, 2.05) is 12.1 Å². The number of hydrogen-bond donors (Lipinski definition) is 0. The van der Waals surface area contributed by atoms with Crippen molar-refractivity contribution in [3.05, 3.63) is 163 Å². The molecular weight excluding hydrogens is 823 g/mol. The highest BCUT2D eigenvalue weighted by atomic mass is 28.3. The zero-order valence-corrected chi connectivity index (χ0v) is 39.2. The lowest BCUT2D eigenvalue weighted by Gasteiger charge is -2.18. The topological polar surface area (TPSA) is 61.8 Å². The highest BCUT2D eigenvalue weighted by Gasteiger charge is 2.29. The van der Waals surface area contributed by atoms with Crippen LogP contribution in [0.1, 0.15) is 11.1 Å². The predicted octanol–water partition coefficient (Wildman–Crippen LogP) is 14.2. The Bertz CT molecular complexity index is 4070. The molecule has 9 aromatic carbocycles. The number of para-hydroxylation sites is 1.